The first-order valence-electron chi connectivity index (χ1n) is 9.89. The second-order valence-corrected chi connectivity index (χ2v) is 7.48. The molecule has 3 heterocycles. The zero-order chi connectivity index (χ0) is 19.3. The van der Waals surface area contributed by atoms with Crippen LogP contribution in [0.2, 0.25) is 0 Å². The van der Waals surface area contributed by atoms with Crippen molar-refractivity contribution < 1.29 is 9.47 Å². The van der Waals surface area contributed by atoms with Gasteiger partial charge in [-0.15, -0.1) is 0 Å². The number of fused-ring (bicyclic) bond motifs is 1. The molecule has 1 aromatic carbocycles. The van der Waals surface area contributed by atoms with E-state index in [0.29, 0.717) is 5.88 Å². The minimum Gasteiger partial charge on any atom is -0.481 e. The van der Waals surface area contributed by atoms with Crippen molar-refractivity contribution in [1.82, 2.24) is 14.9 Å². The van der Waals surface area contributed by atoms with E-state index in [0.717, 1.165) is 61.2 Å². The Kier molecular flexibility index (Phi) is 5.84. The third kappa shape index (κ3) is 4.49. The van der Waals surface area contributed by atoms with Crippen molar-refractivity contribution in [1.29, 1.82) is 0 Å². The summed E-state index contributed by atoms with van der Waals surface area (Å²) < 4.78 is 11.5. The summed E-state index contributed by atoms with van der Waals surface area (Å²) in [5.41, 5.74) is 4.32. The van der Waals surface area contributed by atoms with Gasteiger partial charge in [0.15, 0.2) is 0 Å². The van der Waals surface area contributed by atoms with Gasteiger partial charge in [-0.3, -0.25) is 9.88 Å². The van der Waals surface area contributed by atoms with E-state index in [4.69, 9.17) is 14.5 Å². The van der Waals surface area contributed by atoms with Gasteiger partial charge in [0.2, 0.25) is 5.88 Å². The fraction of sp³-hybridized carbons (Fsp3) is 0.391. The lowest BCUT2D eigenvalue weighted by molar-refractivity contribution is 0.0671. The predicted molar refractivity (Wildman–Crippen MR) is 110 cm³/mol. The van der Waals surface area contributed by atoms with E-state index in [1.165, 1.54) is 5.56 Å². The van der Waals surface area contributed by atoms with Crippen molar-refractivity contribution in [2.45, 2.75) is 39.0 Å². The average Bonchev–Trinajstić information content (AvgIpc) is 3.21. The maximum atomic E-state index is 5.89. The molecular formula is C23H27N3O2. The number of rotatable bonds is 7. The van der Waals surface area contributed by atoms with Crippen LogP contribution in [0, 0.1) is 6.92 Å². The fourth-order valence-electron chi connectivity index (χ4n) is 3.82. The highest BCUT2D eigenvalue weighted by Gasteiger charge is 2.21. The summed E-state index contributed by atoms with van der Waals surface area (Å²) in [7, 11) is 1.69. The lowest BCUT2D eigenvalue weighted by Gasteiger charge is -2.25. The number of hydrogen-bond acceptors (Lipinski definition) is 5. The number of ether oxygens (including phenoxy) is 2. The molecule has 146 valence electrons. The molecule has 0 unspecified atom stereocenters. The van der Waals surface area contributed by atoms with E-state index in [-0.39, 0.29) is 6.10 Å². The van der Waals surface area contributed by atoms with Crippen LogP contribution in [0.15, 0.2) is 48.7 Å². The van der Waals surface area contributed by atoms with Gasteiger partial charge in [-0.25, -0.2) is 4.98 Å². The summed E-state index contributed by atoms with van der Waals surface area (Å²) >= 11 is 0. The number of hydrogen-bond donors (Lipinski definition) is 0. The second kappa shape index (κ2) is 8.67. The first-order valence-corrected chi connectivity index (χ1v) is 9.89. The molecule has 1 aliphatic rings. The Morgan fingerprint density at radius 3 is 2.86 bits per heavy atom. The molecule has 1 atom stereocenters. The lowest BCUT2D eigenvalue weighted by atomic mass is 10.1. The van der Waals surface area contributed by atoms with Gasteiger partial charge >= 0.3 is 0 Å². The van der Waals surface area contributed by atoms with E-state index in [1.54, 1.807) is 7.11 Å². The van der Waals surface area contributed by atoms with Gasteiger partial charge in [-0.1, -0.05) is 18.2 Å². The average molecular weight is 377 g/mol. The molecule has 1 aliphatic heterocycles. The van der Waals surface area contributed by atoms with Crippen LogP contribution >= 0.6 is 0 Å². The Labute approximate surface area is 166 Å². The van der Waals surface area contributed by atoms with Crippen LogP contribution in [-0.4, -0.2) is 41.2 Å². The number of nitrogens with zero attached hydrogens (tertiary/aromatic N) is 3. The molecule has 5 heteroatoms. The monoisotopic (exact) mass is 377 g/mol. The Bertz CT molecular complexity index is 924. The van der Waals surface area contributed by atoms with Crippen molar-refractivity contribution in [2.24, 2.45) is 0 Å². The quantitative estimate of drug-likeness (QED) is 0.620. The number of pyridine rings is 2. The molecule has 0 radical (unpaired) electrons. The topological polar surface area (TPSA) is 47.5 Å². The second-order valence-electron chi connectivity index (χ2n) is 7.48. The van der Waals surface area contributed by atoms with Crippen LogP contribution in [0.25, 0.3) is 10.9 Å². The molecule has 3 aromatic rings. The molecule has 5 nitrogen and oxygen atoms in total. The van der Waals surface area contributed by atoms with E-state index in [1.807, 2.05) is 18.3 Å². The summed E-state index contributed by atoms with van der Waals surface area (Å²) in [4.78, 5) is 11.6. The van der Waals surface area contributed by atoms with E-state index < -0.39 is 0 Å². The van der Waals surface area contributed by atoms with Crippen molar-refractivity contribution in [3.8, 4) is 5.88 Å². The summed E-state index contributed by atoms with van der Waals surface area (Å²) in [6, 6.07) is 14.6. The Morgan fingerprint density at radius 2 is 2.11 bits per heavy atom. The molecule has 0 N–H and O–H groups in total. The van der Waals surface area contributed by atoms with Crippen LogP contribution in [0.5, 0.6) is 5.88 Å². The standard InChI is InChI=1S/C23H27N3O2/c1-17-8-9-18-13-19(23(27-2)25-22(18)12-17)14-26(16-21-7-5-11-28-21)15-20-6-3-4-10-24-20/h3-4,6,8-10,12-13,21H,5,7,11,14-16H2,1-2H3/t21-/m1/s1. The molecule has 1 saturated heterocycles. The molecule has 4 rings (SSSR count). The number of methoxy groups -OCH3 is 1. The number of aromatic nitrogens is 2. The normalized spacial score (nSPS) is 16.8. The van der Waals surface area contributed by atoms with Gasteiger partial charge in [0, 0.05) is 43.4 Å². The third-order valence-corrected chi connectivity index (χ3v) is 5.20. The fourth-order valence-corrected chi connectivity index (χ4v) is 3.82. The maximum absolute atomic E-state index is 5.89. The molecule has 0 saturated carbocycles. The zero-order valence-corrected chi connectivity index (χ0v) is 16.6. The van der Waals surface area contributed by atoms with Crippen molar-refractivity contribution in [3.63, 3.8) is 0 Å². The summed E-state index contributed by atoms with van der Waals surface area (Å²) in [6.07, 6.45) is 4.39. The first kappa shape index (κ1) is 18.8. The predicted octanol–water partition coefficient (Wildman–Crippen LogP) is 4.13. The van der Waals surface area contributed by atoms with Crippen LogP contribution in [-0.2, 0) is 17.8 Å². The van der Waals surface area contributed by atoms with E-state index in [9.17, 15) is 0 Å². The van der Waals surface area contributed by atoms with Crippen LogP contribution in [0.4, 0.5) is 0 Å². The largest absolute Gasteiger partial charge is 0.481 e. The van der Waals surface area contributed by atoms with Gasteiger partial charge in [0.05, 0.1) is 24.4 Å². The lowest BCUT2D eigenvalue weighted by Crippen LogP contribution is -2.32. The van der Waals surface area contributed by atoms with Gasteiger partial charge in [0.1, 0.15) is 0 Å². The summed E-state index contributed by atoms with van der Waals surface area (Å²) in [5.74, 6) is 0.691. The third-order valence-electron chi connectivity index (χ3n) is 5.20. The van der Waals surface area contributed by atoms with E-state index in [2.05, 4.69) is 47.1 Å². The first-order chi connectivity index (χ1) is 13.7. The van der Waals surface area contributed by atoms with Gasteiger partial charge in [-0.05, 0) is 49.6 Å². The minimum atomic E-state index is 0.283. The maximum Gasteiger partial charge on any atom is 0.218 e. The van der Waals surface area contributed by atoms with Crippen molar-refractivity contribution >= 4 is 10.9 Å². The van der Waals surface area contributed by atoms with E-state index >= 15 is 0 Å². The highest BCUT2D eigenvalue weighted by molar-refractivity contribution is 5.80. The van der Waals surface area contributed by atoms with Crippen molar-refractivity contribution in [3.05, 3.63) is 65.5 Å². The highest BCUT2D eigenvalue weighted by atomic mass is 16.5. The Hall–Kier alpha value is -2.50. The zero-order valence-electron chi connectivity index (χ0n) is 16.6. The summed E-state index contributed by atoms with van der Waals surface area (Å²) in [5, 5.41) is 1.14. The van der Waals surface area contributed by atoms with Gasteiger partial charge in [0.25, 0.3) is 0 Å². The van der Waals surface area contributed by atoms with Gasteiger partial charge < -0.3 is 9.47 Å². The molecule has 28 heavy (non-hydrogen) atoms. The number of benzene rings is 1. The SMILES string of the molecule is COc1nc2cc(C)ccc2cc1CN(Cc1ccccn1)C[C@H]1CCCO1. The van der Waals surface area contributed by atoms with Gasteiger partial charge in [-0.2, -0.15) is 0 Å². The molecule has 0 aliphatic carbocycles. The molecular weight excluding hydrogens is 350 g/mol. The molecule has 1 fully saturated rings. The molecule has 0 spiro atoms. The molecule has 0 bridgehead atoms. The Morgan fingerprint density at radius 1 is 1.18 bits per heavy atom. The summed E-state index contributed by atoms with van der Waals surface area (Å²) in [6.45, 7) is 5.35. The molecule has 0 amide bonds. The minimum absolute atomic E-state index is 0.283. The van der Waals surface area contributed by atoms with Crippen LogP contribution in [0.3, 0.4) is 0 Å². The van der Waals surface area contributed by atoms with Crippen molar-refractivity contribution in [2.75, 3.05) is 20.3 Å². The van der Waals surface area contributed by atoms with Crippen LogP contribution < -0.4 is 4.74 Å². The highest BCUT2D eigenvalue weighted by Crippen LogP contribution is 2.25. The molecule has 2 aromatic heterocycles. The Balaban J connectivity index is 1.61. The number of aryl methyl sites for hydroxylation is 1. The van der Waals surface area contributed by atoms with Crippen LogP contribution in [0.1, 0.15) is 29.7 Å². The smallest absolute Gasteiger partial charge is 0.218 e.